The fourth-order valence-electron chi connectivity index (χ4n) is 3.67. The van der Waals surface area contributed by atoms with Crippen molar-refractivity contribution in [3.8, 4) is 16.9 Å². The second-order valence-corrected chi connectivity index (χ2v) is 7.85. The Kier molecular flexibility index (Phi) is 6.34. The van der Waals surface area contributed by atoms with Crippen molar-refractivity contribution >= 4 is 10.8 Å². The number of fused-ring (bicyclic) bond motifs is 1. The Balaban J connectivity index is 1.87. The summed E-state index contributed by atoms with van der Waals surface area (Å²) in [6.45, 7) is 6.63. The van der Waals surface area contributed by atoms with Gasteiger partial charge in [-0.3, -0.25) is 0 Å². The topological polar surface area (TPSA) is 20.2 Å². The molecule has 0 unspecified atom stereocenters. The number of benzene rings is 3. The molecule has 0 spiro atoms. The molecule has 0 saturated heterocycles. The minimum Gasteiger partial charge on any atom is -0.507 e. The molecule has 0 saturated carbocycles. The second-order valence-electron chi connectivity index (χ2n) is 7.85. The van der Waals surface area contributed by atoms with Crippen LogP contribution in [0.4, 0.5) is 0 Å². The standard InChI is InChI=1S/C26H30O/c1-19(2)10-9-11-20(3)16-17-22-18-25(21-12-5-4-6-13-21)23-14-7-8-15-24(23)26(22)27/h4-8,10,12-15,18,20,27H,9,11,16-17H2,1-3H3/t20-/m0/s1. The maximum Gasteiger partial charge on any atom is 0.126 e. The van der Waals surface area contributed by atoms with Gasteiger partial charge in [-0.1, -0.05) is 73.2 Å². The Hall–Kier alpha value is -2.54. The Morgan fingerprint density at radius 3 is 2.30 bits per heavy atom. The monoisotopic (exact) mass is 358 g/mol. The van der Waals surface area contributed by atoms with Gasteiger partial charge in [0.05, 0.1) is 0 Å². The summed E-state index contributed by atoms with van der Waals surface area (Å²) in [5.74, 6) is 1.09. The van der Waals surface area contributed by atoms with Gasteiger partial charge >= 0.3 is 0 Å². The van der Waals surface area contributed by atoms with Crippen LogP contribution >= 0.6 is 0 Å². The Labute approximate surface area is 163 Å². The fraction of sp³-hybridized carbons (Fsp3) is 0.308. The summed E-state index contributed by atoms with van der Waals surface area (Å²) in [7, 11) is 0. The first-order valence-electron chi connectivity index (χ1n) is 9.98. The molecule has 140 valence electrons. The third kappa shape index (κ3) is 4.80. The molecule has 27 heavy (non-hydrogen) atoms. The van der Waals surface area contributed by atoms with Gasteiger partial charge < -0.3 is 5.11 Å². The smallest absolute Gasteiger partial charge is 0.126 e. The lowest BCUT2D eigenvalue weighted by Crippen LogP contribution is -1.98. The molecule has 1 N–H and O–H groups in total. The SMILES string of the molecule is CC(C)=CCC[C@H](C)CCc1cc(-c2ccccc2)c2ccccc2c1O. The highest BCUT2D eigenvalue weighted by atomic mass is 16.3. The van der Waals surface area contributed by atoms with Gasteiger partial charge in [0.1, 0.15) is 5.75 Å². The van der Waals surface area contributed by atoms with Crippen LogP contribution in [-0.4, -0.2) is 5.11 Å². The lowest BCUT2D eigenvalue weighted by atomic mass is 9.91. The zero-order chi connectivity index (χ0) is 19.2. The number of hydrogen-bond acceptors (Lipinski definition) is 1. The van der Waals surface area contributed by atoms with Gasteiger partial charge in [-0.25, -0.2) is 0 Å². The van der Waals surface area contributed by atoms with E-state index in [4.69, 9.17) is 0 Å². The molecule has 1 nitrogen and oxygen atoms in total. The predicted molar refractivity (Wildman–Crippen MR) is 117 cm³/mol. The molecule has 1 heteroatoms. The fourth-order valence-corrected chi connectivity index (χ4v) is 3.67. The van der Waals surface area contributed by atoms with Crippen LogP contribution in [-0.2, 0) is 6.42 Å². The number of aromatic hydroxyl groups is 1. The zero-order valence-electron chi connectivity index (χ0n) is 16.7. The number of phenols is 1. The summed E-state index contributed by atoms with van der Waals surface area (Å²) in [6.07, 6.45) is 6.66. The molecule has 0 radical (unpaired) electrons. The van der Waals surface area contributed by atoms with Crippen LogP contribution in [0.15, 0.2) is 72.3 Å². The molecular weight excluding hydrogens is 328 g/mol. The molecule has 3 aromatic carbocycles. The highest BCUT2D eigenvalue weighted by Crippen LogP contribution is 2.37. The minimum atomic E-state index is 0.446. The number of hydrogen-bond donors (Lipinski definition) is 1. The molecule has 0 bridgehead atoms. The largest absolute Gasteiger partial charge is 0.507 e. The predicted octanol–water partition coefficient (Wildman–Crippen LogP) is 7.53. The van der Waals surface area contributed by atoms with E-state index in [1.807, 2.05) is 24.3 Å². The molecule has 3 aromatic rings. The molecule has 0 heterocycles. The van der Waals surface area contributed by atoms with Gasteiger partial charge in [-0.15, -0.1) is 0 Å². The van der Waals surface area contributed by atoms with Crippen LogP contribution in [0.1, 0.15) is 45.6 Å². The first-order chi connectivity index (χ1) is 13.1. The van der Waals surface area contributed by atoms with E-state index >= 15 is 0 Å². The van der Waals surface area contributed by atoms with Crippen LogP contribution in [0, 0.1) is 5.92 Å². The van der Waals surface area contributed by atoms with Crippen molar-refractivity contribution in [1.82, 2.24) is 0 Å². The summed E-state index contributed by atoms with van der Waals surface area (Å²) in [5.41, 5.74) is 4.85. The molecule has 0 aliphatic carbocycles. The van der Waals surface area contributed by atoms with Crippen LogP contribution in [0.5, 0.6) is 5.75 Å². The summed E-state index contributed by atoms with van der Waals surface area (Å²) in [6, 6.07) is 20.8. The van der Waals surface area contributed by atoms with E-state index in [0.717, 1.165) is 35.6 Å². The number of phenolic OH excluding ortho intramolecular Hbond substituents is 1. The Bertz CT molecular complexity index is 918. The normalized spacial score (nSPS) is 12.1. The number of aryl methyl sites for hydroxylation is 1. The van der Waals surface area contributed by atoms with Crippen molar-refractivity contribution in [3.63, 3.8) is 0 Å². The number of allylic oxidation sites excluding steroid dienone is 2. The zero-order valence-corrected chi connectivity index (χ0v) is 16.7. The maximum atomic E-state index is 10.9. The third-order valence-electron chi connectivity index (χ3n) is 5.30. The highest BCUT2D eigenvalue weighted by Gasteiger charge is 2.13. The minimum absolute atomic E-state index is 0.446. The van der Waals surface area contributed by atoms with Gasteiger partial charge in [-0.2, -0.15) is 0 Å². The van der Waals surface area contributed by atoms with E-state index < -0.39 is 0 Å². The van der Waals surface area contributed by atoms with Crippen molar-refractivity contribution in [3.05, 3.63) is 77.9 Å². The lowest BCUT2D eigenvalue weighted by Gasteiger charge is -2.15. The summed E-state index contributed by atoms with van der Waals surface area (Å²) in [5, 5.41) is 12.9. The van der Waals surface area contributed by atoms with Crippen molar-refractivity contribution in [2.24, 2.45) is 5.92 Å². The van der Waals surface area contributed by atoms with E-state index in [2.05, 4.69) is 63.2 Å². The lowest BCUT2D eigenvalue weighted by molar-refractivity contribution is 0.460. The average molecular weight is 359 g/mol. The molecule has 0 fully saturated rings. The van der Waals surface area contributed by atoms with Gasteiger partial charge in [0.2, 0.25) is 0 Å². The van der Waals surface area contributed by atoms with E-state index in [1.54, 1.807) is 0 Å². The van der Waals surface area contributed by atoms with Gasteiger partial charge in [-0.05, 0) is 73.6 Å². The summed E-state index contributed by atoms with van der Waals surface area (Å²) in [4.78, 5) is 0. The molecule has 0 aromatic heterocycles. The molecule has 0 aliphatic heterocycles. The molecule has 0 amide bonds. The van der Waals surface area contributed by atoms with Crippen LogP contribution < -0.4 is 0 Å². The maximum absolute atomic E-state index is 10.9. The average Bonchev–Trinajstić information content (AvgIpc) is 2.68. The van der Waals surface area contributed by atoms with E-state index in [1.165, 1.54) is 23.1 Å². The molecule has 0 aliphatic rings. The molecule has 1 atom stereocenters. The summed E-state index contributed by atoms with van der Waals surface area (Å²) >= 11 is 0. The summed E-state index contributed by atoms with van der Waals surface area (Å²) < 4.78 is 0. The first kappa shape index (κ1) is 19.2. The number of rotatable bonds is 7. The van der Waals surface area contributed by atoms with Gasteiger partial charge in [0.15, 0.2) is 0 Å². The quantitative estimate of drug-likeness (QED) is 0.433. The van der Waals surface area contributed by atoms with Gasteiger partial charge in [0, 0.05) is 5.39 Å². The molecule has 3 rings (SSSR count). The second kappa shape index (κ2) is 8.90. The van der Waals surface area contributed by atoms with Crippen molar-refractivity contribution in [1.29, 1.82) is 0 Å². The Morgan fingerprint density at radius 2 is 1.59 bits per heavy atom. The van der Waals surface area contributed by atoms with Crippen LogP contribution in [0.2, 0.25) is 0 Å². The highest BCUT2D eigenvalue weighted by molar-refractivity contribution is 6.00. The Morgan fingerprint density at radius 1 is 0.926 bits per heavy atom. The molecular formula is C26H30O. The first-order valence-corrected chi connectivity index (χ1v) is 9.98. The van der Waals surface area contributed by atoms with E-state index in [9.17, 15) is 5.11 Å². The van der Waals surface area contributed by atoms with Crippen LogP contribution in [0.25, 0.3) is 21.9 Å². The van der Waals surface area contributed by atoms with Crippen molar-refractivity contribution in [2.45, 2.75) is 46.5 Å². The van der Waals surface area contributed by atoms with E-state index in [0.29, 0.717) is 11.7 Å². The van der Waals surface area contributed by atoms with Crippen LogP contribution in [0.3, 0.4) is 0 Å². The third-order valence-corrected chi connectivity index (χ3v) is 5.30. The van der Waals surface area contributed by atoms with Crippen molar-refractivity contribution < 1.29 is 5.11 Å². The van der Waals surface area contributed by atoms with Gasteiger partial charge in [0.25, 0.3) is 0 Å². The van der Waals surface area contributed by atoms with Crippen molar-refractivity contribution in [2.75, 3.05) is 0 Å². The van der Waals surface area contributed by atoms with E-state index in [-0.39, 0.29) is 0 Å².